The number of hydrogen-bond acceptors (Lipinski definition) is 3. The Balaban J connectivity index is 1.67. The van der Waals surface area contributed by atoms with E-state index in [4.69, 9.17) is 0 Å². The summed E-state index contributed by atoms with van der Waals surface area (Å²) in [4.78, 5) is 28.6. The van der Waals surface area contributed by atoms with Gasteiger partial charge in [-0.2, -0.15) is 0 Å². The molecule has 0 radical (unpaired) electrons. The number of amides is 2. The van der Waals surface area contributed by atoms with Crippen molar-refractivity contribution in [3.05, 3.63) is 65.5 Å². The van der Waals surface area contributed by atoms with Crippen molar-refractivity contribution in [2.75, 3.05) is 37.6 Å². The normalized spacial score (nSPS) is 13.3. The van der Waals surface area contributed by atoms with Gasteiger partial charge >= 0.3 is 0 Å². The molecule has 1 saturated heterocycles. The average Bonchev–Trinajstić information content (AvgIpc) is 2.81. The number of anilines is 1. The fraction of sp³-hybridized carbons (Fsp3) is 0.360. The number of piperazine rings is 1. The maximum absolute atomic E-state index is 13.3. The Morgan fingerprint density at radius 2 is 1.74 bits per heavy atom. The number of carbonyl (C=O) groups excluding carboxylic acids is 2. The van der Waals surface area contributed by atoms with Crippen molar-refractivity contribution in [3.63, 3.8) is 0 Å². The van der Waals surface area contributed by atoms with E-state index in [1.54, 1.807) is 29.2 Å². The van der Waals surface area contributed by atoms with Gasteiger partial charge in [-0.05, 0) is 55.0 Å². The van der Waals surface area contributed by atoms with E-state index in [1.165, 1.54) is 12.1 Å². The predicted octanol–water partition coefficient (Wildman–Crippen LogP) is 3.45. The molecule has 6 heteroatoms. The smallest absolute Gasteiger partial charge is 0.253 e. The van der Waals surface area contributed by atoms with Crippen molar-refractivity contribution in [1.82, 2.24) is 10.2 Å². The van der Waals surface area contributed by atoms with Gasteiger partial charge in [0.25, 0.3) is 5.91 Å². The molecule has 1 aliphatic heterocycles. The molecule has 0 atom stereocenters. The van der Waals surface area contributed by atoms with E-state index >= 15 is 0 Å². The lowest BCUT2D eigenvalue weighted by atomic mass is 10.1. The topological polar surface area (TPSA) is 52.7 Å². The van der Waals surface area contributed by atoms with Gasteiger partial charge in [-0.15, -0.1) is 0 Å². The van der Waals surface area contributed by atoms with Crippen LogP contribution in [0.3, 0.4) is 0 Å². The maximum Gasteiger partial charge on any atom is 0.253 e. The fourth-order valence-electron chi connectivity index (χ4n) is 3.37. The summed E-state index contributed by atoms with van der Waals surface area (Å²) in [6.07, 6.45) is 2.15. The maximum atomic E-state index is 13.3. The molecule has 0 unspecified atom stereocenters. The minimum atomic E-state index is -0.341. The summed E-state index contributed by atoms with van der Waals surface area (Å²) in [6, 6.07) is 13.1. The Morgan fingerprint density at radius 1 is 1.06 bits per heavy atom. The quantitative estimate of drug-likeness (QED) is 0.727. The Morgan fingerprint density at radius 3 is 2.39 bits per heavy atom. The van der Waals surface area contributed by atoms with Gasteiger partial charge in [0.05, 0.1) is 6.54 Å². The lowest BCUT2D eigenvalue weighted by molar-refractivity contribution is -0.118. The highest BCUT2D eigenvalue weighted by atomic mass is 19.1. The van der Waals surface area contributed by atoms with Crippen LogP contribution in [-0.2, 0) is 4.79 Å². The third-order valence-corrected chi connectivity index (χ3v) is 5.19. The summed E-state index contributed by atoms with van der Waals surface area (Å²) in [5.41, 5.74) is 2.06. The molecular weight excluding hydrogens is 393 g/mol. The van der Waals surface area contributed by atoms with Gasteiger partial charge in [0.2, 0.25) is 5.91 Å². The number of rotatable bonds is 6. The number of halogens is 1. The van der Waals surface area contributed by atoms with Crippen LogP contribution in [0.1, 0.15) is 42.1 Å². The second kappa shape index (κ2) is 11.3. The fourth-order valence-corrected chi connectivity index (χ4v) is 3.37. The minimum Gasteiger partial charge on any atom is -0.336 e. The van der Waals surface area contributed by atoms with Crippen LogP contribution in [0.15, 0.2) is 48.5 Å². The van der Waals surface area contributed by atoms with Crippen LogP contribution in [0, 0.1) is 17.7 Å². The van der Waals surface area contributed by atoms with E-state index in [0.29, 0.717) is 30.8 Å². The van der Waals surface area contributed by atoms with E-state index in [1.807, 2.05) is 24.0 Å². The van der Waals surface area contributed by atoms with E-state index < -0.39 is 0 Å². The molecular formula is C25H28FN3O2. The summed E-state index contributed by atoms with van der Waals surface area (Å²) in [5.74, 6) is 5.77. The first-order valence-corrected chi connectivity index (χ1v) is 10.7. The highest BCUT2D eigenvalue weighted by Crippen LogP contribution is 2.16. The monoisotopic (exact) mass is 421 g/mol. The predicted molar refractivity (Wildman–Crippen MR) is 120 cm³/mol. The Hall–Kier alpha value is -3.17. The molecule has 2 aromatic carbocycles. The highest BCUT2D eigenvalue weighted by Gasteiger charge is 2.17. The molecule has 1 heterocycles. The molecule has 0 aliphatic carbocycles. The number of carbonyl (C=O) groups is 2. The zero-order chi connectivity index (χ0) is 22.1. The van der Waals surface area contributed by atoms with Crippen molar-refractivity contribution in [1.29, 1.82) is 0 Å². The third kappa shape index (κ3) is 6.40. The summed E-state index contributed by atoms with van der Waals surface area (Å²) in [5, 5.41) is 3.24. The molecule has 3 rings (SSSR count). The highest BCUT2D eigenvalue weighted by molar-refractivity contribution is 5.94. The molecule has 1 N–H and O–H groups in total. The lowest BCUT2D eigenvalue weighted by Crippen LogP contribution is -2.46. The Kier molecular flexibility index (Phi) is 8.19. The zero-order valence-electron chi connectivity index (χ0n) is 17.9. The van der Waals surface area contributed by atoms with Crippen LogP contribution in [0.5, 0.6) is 0 Å². The summed E-state index contributed by atoms with van der Waals surface area (Å²) in [6.45, 7) is 5.31. The van der Waals surface area contributed by atoms with E-state index in [0.717, 1.165) is 31.5 Å². The molecule has 0 aromatic heterocycles. The summed E-state index contributed by atoms with van der Waals surface area (Å²) < 4.78 is 13.3. The summed E-state index contributed by atoms with van der Waals surface area (Å²) in [7, 11) is 0. The molecule has 0 bridgehead atoms. The lowest BCUT2D eigenvalue weighted by Gasteiger charge is -2.27. The molecule has 162 valence electrons. The van der Waals surface area contributed by atoms with Gasteiger partial charge in [-0.25, -0.2) is 4.39 Å². The standard InChI is InChI=1S/C25H28FN3O2/c1-2-3-6-24(30)29(23-13-11-22(26)12-14-23)17-4-5-20-7-9-21(10-8-20)25(31)28-18-15-27-16-19-28/h7-14,27H,2-3,6,15-19H2,1H3. The van der Waals surface area contributed by atoms with Crippen LogP contribution in [0.4, 0.5) is 10.1 Å². The van der Waals surface area contributed by atoms with Crippen molar-refractivity contribution >= 4 is 17.5 Å². The van der Waals surface area contributed by atoms with Crippen LogP contribution < -0.4 is 10.2 Å². The number of nitrogens with zero attached hydrogens (tertiary/aromatic N) is 2. The number of nitrogens with one attached hydrogen (secondary N) is 1. The van der Waals surface area contributed by atoms with Crippen molar-refractivity contribution < 1.29 is 14.0 Å². The molecule has 2 amide bonds. The SMILES string of the molecule is CCCCC(=O)N(CC#Cc1ccc(C(=O)N2CCNCC2)cc1)c1ccc(F)cc1. The second-order valence-corrected chi connectivity index (χ2v) is 7.48. The zero-order valence-corrected chi connectivity index (χ0v) is 17.9. The van der Waals surface area contributed by atoms with E-state index in [-0.39, 0.29) is 24.2 Å². The molecule has 1 fully saturated rings. The van der Waals surface area contributed by atoms with Gasteiger partial charge in [0, 0.05) is 49.4 Å². The molecule has 2 aromatic rings. The van der Waals surface area contributed by atoms with Crippen LogP contribution in [0.2, 0.25) is 0 Å². The molecule has 0 spiro atoms. The first kappa shape index (κ1) is 22.5. The number of benzene rings is 2. The molecule has 31 heavy (non-hydrogen) atoms. The van der Waals surface area contributed by atoms with Crippen molar-refractivity contribution in [3.8, 4) is 11.8 Å². The minimum absolute atomic E-state index is 0.0280. The van der Waals surface area contributed by atoms with Gasteiger partial charge in [0.1, 0.15) is 5.82 Å². The number of hydrogen-bond donors (Lipinski definition) is 1. The second-order valence-electron chi connectivity index (χ2n) is 7.48. The third-order valence-electron chi connectivity index (χ3n) is 5.19. The van der Waals surface area contributed by atoms with Crippen LogP contribution >= 0.6 is 0 Å². The molecule has 0 saturated carbocycles. The summed E-state index contributed by atoms with van der Waals surface area (Å²) >= 11 is 0. The Labute approximate surface area is 183 Å². The van der Waals surface area contributed by atoms with E-state index in [9.17, 15) is 14.0 Å². The van der Waals surface area contributed by atoms with Gasteiger partial charge in [-0.3, -0.25) is 9.59 Å². The van der Waals surface area contributed by atoms with E-state index in [2.05, 4.69) is 17.2 Å². The number of unbranched alkanes of at least 4 members (excludes halogenated alkanes) is 1. The van der Waals surface area contributed by atoms with Crippen LogP contribution in [0.25, 0.3) is 0 Å². The van der Waals surface area contributed by atoms with Crippen molar-refractivity contribution in [2.24, 2.45) is 0 Å². The first-order chi connectivity index (χ1) is 15.1. The van der Waals surface area contributed by atoms with Gasteiger partial charge in [-0.1, -0.05) is 25.2 Å². The van der Waals surface area contributed by atoms with Crippen molar-refractivity contribution in [2.45, 2.75) is 26.2 Å². The first-order valence-electron chi connectivity index (χ1n) is 10.7. The van der Waals surface area contributed by atoms with Gasteiger partial charge in [0.15, 0.2) is 0 Å². The average molecular weight is 422 g/mol. The Bertz CT molecular complexity index is 939. The van der Waals surface area contributed by atoms with Gasteiger partial charge < -0.3 is 15.1 Å². The molecule has 1 aliphatic rings. The largest absolute Gasteiger partial charge is 0.336 e. The van der Waals surface area contributed by atoms with Crippen LogP contribution in [-0.4, -0.2) is 49.4 Å². The molecule has 5 nitrogen and oxygen atoms in total.